The van der Waals surface area contributed by atoms with E-state index in [1.165, 1.54) is 0 Å². The first-order chi connectivity index (χ1) is 9.63. The van der Waals surface area contributed by atoms with Gasteiger partial charge in [-0.05, 0) is 46.3 Å². The van der Waals surface area contributed by atoms with E-state index in [0.717, 1.165) is 36.2 Å². The van der Waals surface area contributed by atoms with E-state index in [4.69, 9.17) is 10.3 Å². The summed E-state index contributed by atoms with van der Waals surface area (Å²) < 4.78 is 6.18. The van der Waals surface area contributed by atoms with Gasteiger partial charge in [0.15, 0.2) is 0 Å². The quantitative estimate of drug-likeness (QED) is 0.843. The van der Waals surface area contributed by atoms with Crippen molar-refractivity contribution in [1.82, 2.24) is 15.0 Å². The molecule has 0 atom stereocenters. The number of halogens is 1. The number of anilines is 2. The second kappa shape index (κ2) is 5.41. The zero-order chi connectivity index (χ0) is 14.1. The summed E-state index contributed by atoms with van der Waals surface area (Å²) in [6, 6.07) is 5.58. The average molecular weight is 338 g/mol. The Kier molecular flexibility index (Phi) is 3.62. The van der Waals surface area contributed by atoms with Gasteiger partial charge < -0.3 is 20.1 Å². The molecule has 2 aromatic rings. The van der Waals surface area contributed by atoms with E-state index < -0.39 is 0 Å². The van der Waals surface area contributed by atoms with Crippen LogP contribution in [0.15, 0.2) is 27.2 Å². The van der Waals surface area contributed by atoms with E-state index in [9.17, 15) is 0 Å². The molecule has 0 bridgehead atoms. The van der Waals surface area contributed by atoms with E-state index in [0.29, 0.717) is 17.5 Å². The Morgan fingerprint density at radius 3 is 2.70 bits per heavy atom. The number of nitrogen functional groups attached to an aromatic ring is 1. The summed E-state index contributed by atoms with van der Waals surface area (Å²) in [5, 5.41) is 4.07. The minimum absolute atomic E-state index is 0.514. The molecule has 3 rings (SSSR count). The van der Waals surface area contributed by atoms with Crippen LogP contribution in [0.5, 0.6) is 0 Å². The van der Waals surface area contributed by atoms with Crippen molar-refractivity contribution in [2.24, 2.45) is 0 Å². The van der Waals surface area contributed by atoms with Crippen molar-refractivity contribution in [1.29, 1.82) is 0 Å². The van der Waals surface area contributed by atoms with Crippen LogP contribution in [0, 0.1) is 0 Å². The maximum Gasteiger partial charge on any atom is 0.266 e. The standard InChI is InChI=1S/C13H16BrN5O/c1-18-4-6-19(7-5-18)13-16-12(20-17-13)9-2-3-11(15)10(14)8-9/h2-3,8H,4-7,15H2,1H3. The van der Waals surface area contributed by atoms with Crippen LogP contribution in [0.3, 0.4) is 0 Å². The van der Waals surface area contributed by atoms with Crippen molar-refractivity contribution in [3.05, 3.63) is 22.7 Å². The summed E-state index contributed by atoms with van der Waals surface area (Å²) in [6.07, 6.45) is 0. The van der Waals surface area contributed by atoms with Crippen molar-refractivity contribution in [2.45, 2.75) is 0 Å². The van der Waals surface area contributed by atoms with Gasteiger partial charge in [-0.1, -0.05) is 0 Å². The average Bonchev–Trinajstić information content (AvgIpc) is 2.92. The third-order valence-corrected chi connectivity index (χ3v) is 4.14. The number of likely N-dealkylation sites (N-methyl/N-ethyl adjacent to an activating group) is 1. The second-order valence-corrected chi connectivity index (χ2v) is 5.78. The Bertz CT molecular complexity index is 607. The molecule has 1 aliphatic rings. The molecule has 7 heteroatoms. The molecular weight excluding hydrogens is 322 g/mol. The van der Waals surface area contributed by atoms with E-state index in [2.05, 4.69) is 42.9 Å². The molecule has 0 radical (unpaired) electrons. The molecule has 1 aromatic heterocycles. The first-order valence-electron chi connectivity index (χ1n) is 6.46. The number of piperazine rings is 1. The summed E-state index contributed by atoms with van der Waals surface area (Å²) in [5.74, 6) is 1.17. The van der Waals surface area contributed by atoms with Crippen molar-refractivity contribution in [3.8, 4) is 11.5 Å². The fourth-order valence-electron chi connectivity index (χ4n) is 2.13. The van der Waals surface area contributed by atoms with E-state index in [-0.39, 0.29) is 0 Å². The number of benzene rings is 1. The molecule has 6 nitrogen and oxygen atoms in total. The van der Waals surface area contributed by atoms with Crippen molar-refractivity contribution in [2.75, 3.05) is 43.9 Å². The Labute approximate surface area is 125 Å². The van der Waals surface area contributed by atoms with E-state index in [1.54, 1.807) is 0 Å². The van der Waals surface area contributed by atoms with Gasteiger partial charge in [-0.25, -0.2) is 0 Å². The number of nitrogens with two attached hydrogens (primary N) is 1. The number of nitrogens with zero attached hydrogens (tertiary/aromatic N) is 4. The molecule has 2 N–H and O–H groups in total. The molecule has 0 aliphatic carbocycles. The maximum atomic E-state index is 5.78. The SMILES string of the molecule is CN1CCN(c2noc(-c3ccc(N)c(Br)c3)n2)CC1. The Morgan fingerprint density at radius 1 is 1.25 bits per heavy atom. The van der Waals surface area contributed by atoms with E-state index in [1.807, 2.05) is 18.2 Å². The highest BCUT2D eigenvalue weighted by Crippen LogP contribution is 2.27. The summed E-state index contributed by atoms with van der Waals surface area (Å²) in [5.41, 5.74) is 7.32. The molecule has 20 heavy (non-hydrogen) atoms. The van der Waals surface area contributed by atoms with E-state index >= 15 is 0 Å². The molecule has 1 fully saturated rings. The molecule has 0 saturated carbocycles. The highest BCUT2D eigenvalue weighted by molar-refractivity contribution is 9.10. The Balaban J connectivity index is 1.81. The summed E-state index contributed by atoms with van der Waals surface area (Å²) in [7, 11) is 2.12. The van der Waals surface area contributed by atoms with Crippen LogP contribution < -0.4 is 10.6 Å². The number of hydrogen-bond donors (Lipinski definition) is 1. The van der Waals surface area contributed by atoms with Crippen LogP contribution >= 0.6 is 15.9 Å². The van der Waals surface area contributed by atoms with Crippen LogP contribution in [0.2, 0.25) is 0 Å². The lowest BCUT2D eigenvalue weighted by molar-refractivity contribution is 0.309. The smallest absolute Gasteiger partial charge is 0.266 e. The lowest BCUT2D eigenvalue weighted by Crippen LogP contribution is -2.44. The zero-order valence-corrected chi connectivity index (χ0v) is 12.8. The minimum Gasteiger partial charge on any atom is -0.398 e. The topological polar surface area (TPSA) is 71.4 Å². The summed E-state index contributed by atoms with van der Waals surface area (Å²) in [4.78, 5) is 8.89. The van der Waals surface area contributed by atoms with Gasteiger partial charge >= 0.3 is 0 Å². The largest absolute Gasteiger partial charge is 0.398 e. The van der Waals surface area contributed by atoms with Crippen LogP contribution in [-0.4, -0.2) is 48.3 Å². The first-order valence-corrected chi connectivity index (χ1v) is 7.25. The molecule has 1 aromatic carbocycles. The number of hydrogen-bond acceptors (Lipinski definition) is 6. The second-order valence-electron chi connectivity index (χ2n) is 4.93. The number of aromatic nitrogens is 2. The van der Waals surface area contributed by atoms with Gasteiger partial charge in [-0.15, -0.1) is 0 Å². The zero-order valence-electron chi connectivity index (χ0n) is 11.2. The Hall–Kier alpha value is -1.60. The van der Waals surface area contributed by atoms with Gasteiger partial charge in [0.25, 0.3) is 11.8 Å². The fraction of sp³-hybridized carbons (Fsp3) is 0.385. The van der Waals surface area contributed by atoms with Crippen molar-refractivity contribution < 1.29 is 4.52 Å². The molecular formula is C13H16BrN5O. The predicted octanol–water partition coefficient (Wildman–Crippen LogP) is 1.83. The number of rotatable bonds is 2. The van der Waals surface area contributed by atoms with Gasteiger partial charge in [0.05, 0.1) is 0 Å². The third-order valence-electron chi connectivity index (χ3n) is 3.45. The monoisotopic (exact) mass is 337 g/mol. The lowest BCUT2D eigenvalue weighted by atomic mass is 10.2. The van der Waals surface area contributed by atoms with Gasteiger partial charge in [0, 0.05) is 41.9 Å². The normalized spacial score (nSPS) is 16.6. The fourth-order valence-corrected chi connectivity index (χ4v) is 2.51. The minimum atomic E-state index is 0.514. The van der Waals surface area contributed by atoms with Gasteiger partial charge in [0.2, 0.25) is 0 Å². The van der Waals surface area contributed by atoms with Crippen molar-refractivity contribution >= 4 is 27.6 Å². The lowest BCUT2D eigenvalue weighted by Gasteiger charge is -2.31. The van der Waals surface area contributed by atoms with Crippen molar-refractivity contribution in [3.63, 3.8) is 0 Å². The molecule has 0 unspecified atom stereocenters. The molecule has 2 heterocycles. The van der Waals surface area contributed by atoms with Gasteiger partial charge in [-0.2, -0.15) is 4.98 Å². The van der Waals surface area contributed by atoms with Crippen LogP contribution in [-0.2, 0) is 0 Å². The molecule has 106 valence electrons. The molecule has 0 spiro atoms. The first kappa shape index (κ1) is 13.4. The highest BCUT2D eigenvalue weighted by atomic mass is 79.9. The molecule has 0 amide bonds. The molecule has 1 aliphatic heterocycles. The van der Waals surface area contributed by atoms with Crippen LogP contribution in [0.1, 0.15) is 0 Å². The third kappa shape index (κ3) is 2.64. The van der Waals surface area contributed by atoms with Crippen LogP contribution in [0.25, 0.3) is 11.5 Å². The van der Waals surface area contributed by atoms with Gasteiger partial charge in [-0.3, -0.25) is 0 Å². The summed E-state index contributed by atoms with van der Waals surface area (Å²) >= 11 is 3.40. The highest BCUT2D eigenvalue weighted by Gasteiger charge is 2.19. The summed E-state index contributed by atoms with van der Waals surface area (Å²) in [6.45, 7) is 3.86. The van der Waals surface area contributed by atoms with Gasteiger partial charge in [0.1, 0.15) is 0 Å². The van der Waals surface area contributed by atoms with Crippen LogP contribution in [0.4, 0.5) is 11.6 Å². The Morgan fingerprint density at radius 2 is 2.00 bits per heavy atom. The maximum absolute atomic E-state index is 5.78. The molecule has 1 saturated heterocycles. The predicted molar refractivity (Wildman–Crippen MR) is 81.6 cm³/mol.